The van der Waals surface area contributed by atoms with Gasteiger partial charge < -0.3 is 0 Å². The zero-order valence-electron chi connectivity index (χ0n) is 11.5. The Morgan fingerprint density at radius 3 is 2.33 bits per heavy atom. The molecule has 0 fully saturated rings. The Balaban J connectivity index is 1.68. The fraction of sp³-hybridized carbons (Fsp3) is 0. The molecular weight excluding hydrogens is 272 g/mol. The van der Waals surface area contributed by atoms with Crippen LogP contribution in [0.1, 0.15) is 11.3 Å². The Morgan fingerprint density at radius 2 is 1.62 bits per heavy atom. The second-order valence-electron chi connectivity index (χ2n) is 4.56. The van der Waals surface area contributed by atoms with Crippen molar-refractivity contribution < 1.29 is 0 Å². The molecule has 0 atom stereocenters. The van der Waals surface area contributed by atoms with Gasteiger partial charge in [0.2, 0.25) is 0 Å². The quantitative estimate of drug-likeness (QED) is 0.688. The van der Waals surface area contributed by atoms with Gasteiger partial charge in [0.05, 0.1) is 5.69 Å². The molecule has 0 amide bonds. The standard InChI is InChI=1S/C18H14N2Si/c1-2-7-17(8-3-1)21-18-12-10-15(14-20-18)9-11-16-6-4-5-13-19-16/h1-14H. The summed E-state index contributed by atoms with van der Waals surface area (Å²) in [6.45, 7) is 0. The smallest absolute Gasteiger partial charge is 0.147 e. The average molecular weight is 286 g/mol. The molecule has 0 aliphatic heterocycles. The van der Waals surface area contributed by atoms with Crippen LogP contribution >= 0.6 is 0 Å². The molecule has 0 unspecified atom stereocenters. The molecule has 0 aliphatic carbocycles. The van der Waals surface area contributed by atoms with Crippen LogP contribution < -0.4 is 10.5 Å². The van der Waals surface area contributed by atoms with Crippen molar-refractivity contribution in [2.45, 2.75) is 0 Å². The normalized spacial score (nSPS) is 10.9. The fourth-order valence-corrected chi connectivity index (χ4v) is 2.85. The zero-order valence-corrected chi connectivity index (χ0v) is 12.5. The summed E-state index contributed by atoms with van der Waals surface area (Å²) in [5, 5.41) is 2.41. The van der Waals surface area contributed by atoms with Crippen LogP contribution in [0.25, 0.3) is 12.2 Å². The van der Waals surface area contributed by atoms with Crippen molar-refractivity contribution in [3.05, 3.63) is 84.3 Å². The van der Waals surface area contributed by atoms with Crippen LogP contribution in [0.15, 0.2) is 73.1 Å². The first-order valence-corrected chi connectivity index (χ1v) is 7.77. The highest BCUT2D eigenvalue weighted by atomic mass is 28.2. The van der Waals surface area contributed by atoms with E-state index in [1.807, 2.05) is 42.6 Å². The molecule has 2 aromatic heterocycles. The van der Waals surface area contributed by atoms with Crippen LogP contribution in [0.5, 0.6) is 0 Å². The molecule has 3 heteroatoms. The van der Waals surface area contributed by atoms with E-state index in [1.54, 1.807) is 6.20 Å². The molecule has 21 heavy (non-hydrogen) atoms. The van der Waals surface area contributed by atoms with Gasteiger partial charge in [0.15, 0.2) is 0 Å². The highest BCUT2D eigenvalue weighted by Gasteiger charge is 1.98. The van der Waals surface area contributed by atoms with Crippen molar-refractivity contribution >= 4 is 32.2 Å². The highest BCUT2D eigenvalue weighted by Crippen LogP contribution is 2.03. The molecule has 100 valence electrons. The van der Waals surface area contributed by atoms with Gasteiger partial charge in [-0.25, -0.2) is 0 Å². The van der Waals surface area contributed by atoms with Gasteiger partial charge in [0.1, 0.15) is 9.52 Å². The van der Waals surface area contributed by atoms with Crippen molar-refractivity contribution in [3.8, 4) is 0 Å². The van der Waals surface area contributed by atoms with E-state index in [2.05, 4.69) is 46.4 Å². The molecule has 1 aromatic carbocycles. The molecule has 0 aliphatic rings. The van der Waals surface area contributed by atoms with Gasteiger partial charge in [-0.2, -0.15) is 0 Å². The van der Waals surface area contributed by atoms with Gasteiger partial charge in [-0.1, -0.05) is 53.7 Å². The molecular formula is C18H14N2Si. The average Bonchev–Trinajstić information content (AvgIpc) is 2.56. The lowest BCUT2D eigenvalue weighted by molar-refractivity contribution is 1.30. The fourth-order valence-electron chi connectivity index (χ4n) is 1.90. The summed E-state index contributed by atoms with van der Waals surface area (Å²) < 4.78 is 0. The lowest BCUT2D eigenvalue weighted by Gasteiger charge is -2.00. The molecule has 0 bridgehead atoms. The minimum absolute atomic E-state index is 0.600. The van der Waals surface area contributed by atoms with Gasteiger partial charge in [-0.3, -0.25) is 9.97 Å². The Labute approximate surface area is 127 Å². The van der Waals surface area contributed by atoms with Gasteiger partial charge >= 0.3 is 0 Å². The first-order valence-electron chi connectivity index (χ1n) is 6.77. The molecule has 0 saturated heterocycles. The summed E-state index contributed by atoms with van der Waals surface area (Å²) in [6, 6.07) is 20.5. The molecule has 2 nitrogen and oxygen atoms in total. The van der Waals surface area contributed by atoms with Crippen LogP contribution in [-0.4, -0.2) is 19.5 Å². The maximum absolute atomic E-state index is 4.53. The first-order chi connectivity index (χ1) is 10.4. The van der Waals surface area contributed by atoms with E-state index in [0.29, 0.717) is 9.52 Å². The molecule has 0 spiro atoms. The summed E-state index contributed by atoms with van der Waals surface area (Å²) in [5.41, 5.74) is 2.04. The number of hydrogen-bond acceptors (Lipinski definition) is 2. The largest absolute Gasteiger partial charge is 0.266 e. The van der Waals surface area contributed by atoms with Crippen molar-refractivity contribution in [1.29, 1.82) is 0 Å². The second kappa shape index (κ2) is 6.77. The molecule has 2 heterocycles. The van der Waals surface area contributed by atoms with Gasteiger partial charge in [0, 0.05) is 17.7 Å². The van der Waals surface area contributed by atoms with Crippen LogP contribution in [0.4, 0.5) is 0 Å². The monoisotopic (exact) mass is 286 g/mol. The predicted molar refractivity (Wildman–Crippen MR) is 88.9 cm³/mol. The van der Waals surface area contributed by atoms with Crippen LogP contribution in [0.2, 0.25) is 0 Å². The van der Waals surface area contributed by atoms with Crippen LogP contribution in [-0.2, 0) is 0 Å². The number of aromatic nitrogens is 2. The summed E-state index contributed by atoms with van der Waals surface area (Å²) in [5.74, 6) is 0. The van der Waals surface area contributed by atoms with Crippen LogP contribution in [0.3, 0.4) is 0 Å². The molecule has 0 saturated carbocycles. The number of hydrogen-bond donors (Lipinski definition) is 0. The van der Waals surface area contributed by atoms with Crippen molar-refractivity contribution in [1.82, 2.24) is 9.97 Å². The first kappa shape index (κ1) is 13.5. The van der Waals surface area contributed by atoms with Crippen molar-refractivity contribution in [2.75, 3.05) is 0 Å². The third kappa shape index (κ3) is 3.97. The van der Waals surface area contributed by atoms with Crippen molar-refractivity contribution in [2.24, 2.45) is 0 Å². The Bertz CT molecular complexity index is 707. The summed E-state index contributed by atoms with van der Waals surface area (Å²) in [4.78, 5) is 8.79. The van der Waals surface area contributed by atoms with E-state index in [4.69, 9.17) is 0 Å². The Morgan fingerprint density at radius 1 is 0.762 bits per heavy atom. The zero-order chi connectivity index (χ0) is 14.3. The predicted octanol–water partition coefficient (Wildman–Crippen LogP) is 2.30. The number of rotatable bonds is 4. The topological polar surface area (TPSA) is 25.8 Å². The SMILES string of the molecule is C(=Cc1ccccn1)c1ccc([Si]c2ccccc2)nc1. The number of pyridine rings is 2. The molecule has 3 rings (SSSR count). The number of benzene rings is 1. The molecule has 0 N–H and O–H groups in total. The summed E-state index contributed by atoms with van der Waals surface area (Å²) in [6.07, 6.45) is 7.73. The maximum atomic E-state index is 4.53. The van der Waals surface area contributed by atoms with Crippen LogP contribution in [0, 0.1) is 0 Å². The molecule has 2 radical (unpaired) electrons. The van der Waals surface area contributed by atoms with Gasteiger partial charge in [-0.15, -0.1) is 0 Å². The summed E-state index contributed by atoms with van der Waals surface area (Å²) in [7, 11) is 0.600. The third-order valence-corrected chi connectivity index (χ3v) is 4.14. The Kier molecular flexibility index (Phi) is 4.34. The second-order valence-corrected chi connectivity index (χ2v) is 5.90. The van der Waals surface area contributed by atoms with E-state index >= 15 is 0 Å². The van der Waals surface area contributed by atoms with Gasteiger partial charge in [0.25, 0.3) is 0 Å². The number of nitrogens with zero attached hydrogens (tertiary/aromatic N) is 2. The Hall–Kier alpha value is -2.52. The minimum Gasteiger partial charge on any atom is -0.266 e. The van der Waals surface area contributed by atoms with Gasteiger partial charge in [-0.05, 0) is 29.8 Å². The maximum Gasteiger partial charge on any atom is 0.147 e. The highest BCUT2D eigenvalue weighted by molar-refractivity contribution is 6.66. The van der Waals surface area contributed by atoms with E-state index in [1.165, 1.54) is 5.19 Å². The minimum atomic E-state index is 0.600. The van der Waals surface area contributed by atoms with E-state index < -0.39 is 0 Å². The summed E-state index contributed by atoms with van der Waals surface area (Å²) >= 11 is 0. The van der Waals surface area contributed by atoms with E-state index in [9.17, 15) is 0 Å². The van der Waals surface area contributed by atoms with E-state index in [0.717, 1.165) is 16.6 Å². The van der Waals surface area contributed by atoms with Crippen molar-refractivity contribution in [3.63, 3.8) is 0 Å². The van der Waals surface area contributed by atoms with E-state index in [-0.39, 0.29) is 0 Å². The lowest BCUT2D eigenvalue weighted by atomic mass is 10.2. The molecule has 3 aromatic rings. The lowest BCUT2D eigenvalue weighted by Crippen LogP contribution is -2.28. The third-order valence-electron chi connectivity index (χ3n) is 2.97.